The predicted octanol–water partition coefficient (Wildman–Crippen LogP) is 24.5. The Morgan fingerprint density at radius 3 is 0.713 bits per heavy atom. The van der Waals surface area contributed by atoms with Crippen LogP contribution in [0, 0.1) is 0 Å². The zero-order valence-corrected chi connectivity index (χ0v) is 53.9. The van der Waals surface area contributed by atoms with E-state index in [-0.39, 0.29) is 31.1 Å². The van der Waals surface area contributed by atoms with Gasteiger partial charge in [0.2, 0.25) is 0 Å². The van der Waals surface area contributed by atoms with Crippen LogP contribution < -0.4 is 0 Å². The Labute approximate surface area is 498 Å². The van der Waals surface area contributed by atoms with Crippen LogP contribution in [0.3, 0.4) is 0 Å². The van der Waals surface area contributed by atoms with Crippen molar-refractivity contribution in [3.8, 4) is 0 Å². The van der Waals surface area contributed by atoms with Crippen LogP contribution in [0.25, 0.3) is 0 Å². The second-order valence-corrected chi connectivity index (χ2v) is 24.1. The van der Waals surface area contributed by atoms with Gasteiger partial charge in [0.25, 0.3) is 0 Å². The summed E-state index contributed by atoms with van der Waals surface area (Å²) in [5.74, 6) is -0.847. The molecule has 6 nitrogen and oxygen atoms in total. The van der Waals surface area contributed by atoms with Gasteiger partial charge in [0.1, 0.15) is 13.2 Å². The average Bonchev–Trinajstić information content (AvgIpc) is 3.46. The Morgan fingerprint density at radius 2 is 0.450 bits per heavy atom. The van der Waals surface area contributed by atoms with E-state index in [0.29, 0.717) is 19.3 Å². The largest absolute Gasteiger partial charge is 0.462 e. The molecule has 0 amide bonds. The summed E-state index contributed by atoms with van der Waals surface area (Å²) in [5.41, 5.74) is 0. The summed E-state index contributed by atoms with van der Waals surface area (Å²) in [6.07, 6.45) is 87.0. The highest BCUT2D eigenvalue weighted by Gasteiger charge is 2.19. The molecule has 1 atom stereocenters. The fourth-order valence-electron chi connectivity index (χ4n) is 10.7. The van der Waals surface area contributed by atoms with Gasteiger partial charge in [-0.3, -0.25) is 14.4 Å². The van der Waals surface area contributed by atoms with Crippen LogP contribution in [0.5, 0.6) is 0 Å². The zero-order chi connectivity index (χ0) is 57.8. The van der Waals surface area contributed by atoms with Crippen molar-refractivity contribution in [3.05, 3.63) is 48.6 Å². The molecule has 0 bridgehead atoms. The molecule has 0 heterocycles. The van der Waals surface area contributed by atoms with E-state index in [1.54, 1.807) is 0 Å². The highest BCUT2D eigenvalue weighted by Crippen LogP contribution is 2.18. The topological polar surface area (TPSA) is 78.9 Å². The lowest BCUT2D eigenvalue weighted by atomic mass is 10.0. The molecule has 80 heavy (non-hydrogen) atoms. The minimum Gasteiger partial charge on any atom is -0.462 e. The van der Waals surface area contributed by atoms with Gasteiger partial charge in [0.05, 0.1) is 0 Å². The Kier molecular flexibility index (Phi) is 66.6. The molecule has 0 saturated heterocycles. The Balaban J connectivity index is 4.26. The van der Waals surface area contributed by atoms with Gasteiger partial charge >= 0.3 is 17.9 Å². The van der Waals surface area contributed by atoms with Crippen LogP contribution in [0.2, 0.25) is 0 Å². The number of hydrogen-bond donors (Lipinski definition) is 0. The minimum absolute atomic E-state index is 0.0695. The van der Waals surface area contributed by atoms with Crippen molar-refractivity contribution in [1.29, 1.82) is 0 Å². The zero-order valence-electron chi connectivity index (χ0n) is 53.9. The van der Waals surface area contributed by atoms with E-state index in [9.17, 15) is 14.4 Å². The Bertz CT molecular complexity index is 1380. The van der Waals surface area contributed by atoms with Crippen molar-refractivity contribution in [2.45, 2.75) is 393 Å². The molecule has 0 rings (SSSR count). The van der Waals surface area contributed by atoms with Crippen LogP contribution in [0.1, 0.15) is 387 Å². The molecule has 0 aromatic heterocycles. The molecule has 0 aliphatic heterocycles. The number of allylic oxidation sites excluding steroid dienone is 8. The quantitative estimate of drug-likeness (QED) is 0.0261. The van der Waals surface area contributed by atoms with E-state index in [0.717, 1.165) is 70.6 Å². The molecule has 0 N–H and O–H groups in total. The van der Waals surface area contributed by atoms with Crippen LogP contribution >= 0.6 is 0 Å². The maximum absolute atomic E-state index is 13.0. The van der Waals surface area contributed by atoms with Crippen molar-refractivity contribution < 1.29 is 28.6 Å². The molecule has 0 aliphatic rings. The molecule has 0 aromatic carbocycles. The van der Waals surface area contributed by atoms with Crippen molar-refractivity contribution in [3.63, 3.8) is 0 Å². The summed E-state index contributed by atoms with van der Waals surface area (Å²) in [6.45, 7) is 6.69. The van der Waals surface area contributed by atoms with Gasteiger partial charge in [0.15, 0.2) is 6.10 Å². The molecule has 0 saturated carbocycles. The summed E-state index contributed by atoms with van der Waals surface area (Å²) in [6, 6.07) is 0. The summed E-state index contributed by atoms with van der Waals surface area (Å²) >= 11 is 0. The fourth-order valence-corrected chi connectivity index (χ4v) is 10.7. The van der Waals surface area contributed by atoms with Gasteiger partial charge in [-0.1, -0.05) is 333 Å². The van der Waals surface area contributed by atoms with Crippen molar-refractivity contribution in [2.24, 2.45) is 0 Å². The number of esters is 3. The van der Waals surface area contributed by atoms with E-state index in [1.165, 1.54) is 276 Å². The standard InChI is InChI=1S/C74H136O6/c1-4-7-10-13-16-19-22-25-28-30-32-34-35-36-37-38-39-41-42-44-46-49-52-55-58-61-64-67-73(76)79-70-71(69-78-72(75)66-63-60-57-54-51-48-27-24-21-18-15-12-9-6-3)80-74(77)68-65-62-59-56-53-50-47-45-43-40-33-31-29-26-23-20-17-14-11-8-5-2/h22,25,30-33,35-36,71H,4-21,23-24,26-29,34,37-70H2,1-3H3/b25-22-,32-30-,33-31-,36-35-. The molecule has 0 fully saturated rings. The summed E-state index contributed by atoms with van der Waals surface area (Å²) in [4.78, 5) is 38.4. The van der Waals surface area contributed by atoms with Gasteiger partial charge in [-0.2, -0.15) is 0 Å². The third-order valence-corrected chi connectivity index (χ3v) is 16.1. The lowest BCUT2D eigenvalue weighted by Gasteiger charge is -2.18. The van der Waals surface area contributed by atoms with E-state index < -0.39 is 6.10 Å². The smallest absolute Gasteiger partial charge is 0.306 e. The van der Waals surface area contributed by atoms with Crippen molar-refractivity contribution in [2.75, 3.05) is 13.2 Å². The molecular formula is C74H136O6. The van der Waals surface area contributed by atoms with Crippen molar-refractivity contribution >= 4 is 17.9 Å². The SMILES string of the molecule is CCCCCCC/C=C\C/C=C\C/C=C\CCCCCCCCCCCCCCC(=O)OCC(COC(=O)CCCCCCCCCCCCCCCC)OC(=O)CCCCCCCCCCC/C=C\CCCCCCCCCC. The number of hydrogen-bond acceptors (Lipinski definition) is 6. The minimum atomic E-state index is -0.774. The molecule has 0 radical (unpaired) electrons. The first kappa shape index (κ1) is 77.4. The summed E-state index contributed by atoms with van der Waals surface area (Å²) < 4.78 is 17.0. The fraction of sp³-hybridized carbons (Fsp3) is 0.851. The first-order valence-corrected chi connectivity index (χ1v) is 35.6. The lowest BCUT2D eigenvalue weighted by molar-refractivity contribution is -0.167. The molecule has 0 aliphatic carbocycles. The van der Waals surface area contributed by atoms with Gasteiger partial charge in [-0.25, -0.2) is 0 Å². The molecular weight excluding hydrogens is 985 g/mol. The van der Waals surface area contributed by atoms with Crippen molar-refractivity contribution in [1.82, 2.24) is 0 Å². The lowest BCUT2D eigenvalue weighted by Crippen LogP contribution is -2.30. The number of carbonyl (C=O) groups is 3. The van der Waals surface area contributed by atoms with Crippen LogP contribution in [-0.2, 0) is 28.6 Å². The van der Waals surface area contributed by atoms with E-state index in [1.807, 2.05) is 0 Å². The first-order valence-electron chi connectivity index (χ1n) is 35.6. The average molecular weight is 1120 g/mol. The molecule has 468 valence electrons. The summed E-state index contributed by atoms with van der Waals surface area (Å²) in [7, 11) is 0. The molecule has 1 unspecified atom stereocenters. The van der Waals surface area contributed by atoms with Crippen LogP contribution in [0.15, 0.2) is 48.6 Å². The normalized spacial score (nSPS) is 12.3. The molecule has 0 spiro atoms. The Morgan fingerprint density at radius 1 is 0.250 bits per heavy atom. The first-order chi connectivity index (χ1) is 39.5. The molecule has 6 heteroatoms. The second kappa shape index (κ2) is 68.9. The number of rotatable bonds is 66. The number of ether oxygens (including phenoxy) is 3. The highest BCUT2D eigenvalue weighted by molar-refractivity contribution is 5.71. The Hall–Kier alpha value is -2.63. The van der Waals surface area contributed by atoms with Gasteiger partial charge in [0, 0.05) is 19.3 Å². The van der Waals surface area contributed by atoms with Gasteiger partial charge in [-0.05, 0) is 83.5 Å². The van der Waals surface area contributed by atoms with E-state index in [4.69, 9.17) is 14.2 Å². The number of unbranched alkanes of at least 4 members (excludes halogenated alkanes) is 47. The molecule has 0 aromatic rings. The van der Waals surface area contributed by atoms with Crippen LogP contribution in [-0.4, -0.2) is 37.2 Å². The second-order valence-electron chi connectivity index (χ2n) is 24.1. The predicted molar refractivity (Wildman–Crippen MR) is 349 cm³/mol. The highest BCUT2D eigenvalue weighted by atomic mass is 16.6. The monoisotopic (exact) mass is 1120 g/mol. The maximum Gasteiger partial charge on any atom is 0.306 e. The third-order valence-electron chi connectivity index (χ3n) is 16.1. The third kappa shape index (κ3) is 66.2. The van der Waals surface area contributed by atoms with E-state index in [2.05, 4.69) is 69.4 Å². The maximum atomic E-state index is 13.0. The van der Waals surface area contributed by atoms with Gasteiger partial charge < -0.3 is 14.2 Å². The summed E-state index contributed by atoms with van der Waals surface area (Å²) in [5, 5.41) is 0. The van der Waals surface area contributed by atoms with Crippen LogP contribution in [0.4, 0.5) is 0 Å². The van der Waals surface area contributed by atoms with E-state index >= 15 is 0 Å². The van der Waals surface area contributed by atoms with Gasteiger partial charge in [-0.15, -0.1) is 0 Å². The number of carbonyl (C=O) groups excluding carboxylic acids is 3.